The van der Waals surface area contributed by atoms with Crippen molar-refractivity contribution in [1.82, 2.24) is 19.7 Å². The van der Waals surface area contributed by atoms with Crippen LogP contribution in [0.5, 0.6) is 0 Å². The van der Waals surface area contributed by atoms with Gasteiger partial charge in [-0.2, -0.15) is 0 Å². The Morgan fingerprint density at radius 1 is 1.27 bits per heavy atom. The average Bonchev–Trinajstić information content (AvgIpc) is 3.06. The summed E-state index contributed by atoms with van der Waals surface area (Å²) in [7, 11) is 0. The van der Waals surface area contributed by atoms with E-state index < -0.39 is 10.8 Å². The smallest absolute Gasteiger partial charge is 0.294 e. The predicted molar refractivity (Wildman–Crippen MR) is 116 cm³/mol. The Kier molecular flexibility index (Phi) is 5.51. The first kappa shape index (κ1) is 20.0. The van der Waals surface area contributed by atoms with Crippen LogP contribution in [0.1, 0.15) is 6.92 Å². The first-order valence-corrected chi connectivity index (χ1v) is 10.3. The molecule has 0 aliphatic rings. The highest BCUT2D eigenvalue weighted by molar-refractivity contribution is 7.99. The van der Waals surface area contributed by atoms with Gasteiger partial charge in [0.25, 0.3) is 5.69 Å². The summed E-state index contributed by atoms with van der Waals surface area (Å²) in [5, 5.41) is 23.6. The van der Waals surface area contributed by atoms with E-state index >= 15 is 0 Å². The number of carbonyl (C=O) groups excluding carboxylic acids is 1. The summed E-state index contributed by atoms with van der Waals surface area (Å²) in [6, 6.07) is 11.9. The Hall–Kier alpha value is -3.24. The van der Waals surface area contributed by atoms with Gasteiger partial charge >= 0.3 is 0 Å². The Bertz CT molecular complexity index is 1290. The molecule has 9 nitrogen and oxygen atoms in total. The van der Waals surface area contributed by atoms with Crippen molar-refractivity contribution in [1.29, 1.82) is 0 Å². The molecule has 30 heavy (non-hydrogen) atoms. The first-order chi connectivity index (χ1) is 14.5. The summed E-state index contributed by atoms with van der Waals surface area (Å²) < 4.78 is 2.04. The molecule has 0 fully saturated rings. The molecule has 11 heteroatoms. The second-order valence-corrected chi connectivity index (χ2v) is 7.66. The SMILES string of the molecule is CCn1c2ccccc2c2nnc(SCC(=O)Nc3ccc(Cl)cc3[N+](=O)[O-])nc21. The summed E-state index contributed by atoms with van der Waals surface area (Å²) in [6.45, 7) is 2.74. The van der Waals surface area contributed by atoms with Crippen LogP contribution in [0, 0.1) is 10.1 Å². The van der Waals surface area contributed by atoms with Gasteiger partial charge in [0.2, 0.25) is 11.1 Å². The van der Waals surface area contributed by atoms with Gasteiger partial charge in [-0.25, -0.2) is 4.98 Å². The van der Waals surface area contributed by atoms with Crippen molar-refractivity contribution in [2.75, 3.05) is 11.1 Å². The van der Waals surface area contributed by atoms with Crippen LogP contribution in [0.4, 0.5) is 11.4 Å². The number of carbonyl (C=O) groups is 1. The largest absolute Gasteiger partial charge is 0.324 e. The molecule has 0 radical (unpaired) electrons. The highest BCUT2D eigenvalue weighted by atomic mass is 35.5. The second-order valence-electron chi connectivity index (χ2n) is 6.28. The zero-order chi connectivity index (χ0) is 21.3. The molecule has 0 saturated heterocycles. The van der Waals surface area contributed by atoms with E-state index in [4.69, 9.17) is 11.6 Å². The van der Waals surface area contributed by atoms with Crippen LogP contribution in [0.2, 0.25) is 5.02 Å². The minimum absolute atomic E-state index is 0.0285. The number of aromatic nitrogens is 4. The van der Waals surface area contributed by atoms with E-state index in [0.29, 0.717) is 22.9 Å². The van der Waals surface area contributed by atoms with Crippen molar-refractivity contribution in [3.8, 4) is 0 Å². The number of para-hydroxylation sites is 1. The topological polar surface area (TPSA) is 116 Å². The number of aryl methyl sites for hydroxylation is 1. The maximum absolute atomic E-state index is 12.3. The first-order valence-electron chi connectivity index (χ1n) is 8.96. The fourth-order valence-electron chi connectivity index (χ4n) is 3.15. The molecule has 2 heterocycles. The molecule has 2 aromatic heterocycles. The van der Waals surface area contributed by atoms with Gasteiger partial charge in [0, 0.05) is 23.0 Å². The van der Waals surface area contributed by atoms with Crippen molar-refractivity contribution in [2.45, 2.75) is 18.6 Å². The van der Waals surface area contributed by atoms with Gasteiger partial charge < -0.3 is 9.88 Å². The van der Waals surface area contributed by atoms with Gasteiger partial charge in [-0.05, 0) is 25.1 Å². The summed E-state index contributed by atoms with van der Waals surface area (Å²) in [6.07, 6.45) is 0. The third kappa shape index (κ3) is 3.79. The molecule has 4 aromatic rings. The van der Waals surface area contributed by atoms with Crippen molar-refractivity contribution >= 4 is 62.7 Å². The number of hydrogen-bond acceptors (Lipinski definition) is 7. The molecule has 152 valence electrons. The molecular formula is C19H15ClN6O3S. The number of nitro groups is 1. The Labute approximate surface area is 179 Å². The highest BCUT2D eigenvalue weighted by Gasteiger charge is 2.18. The minimum atomic E-state index is -0.598. The zero-order valence-corrected chi connectivity index (χ0v) is 17.3. The number of amides is 1. The Balaban J connectivity index is 1.53. The van der Waals surface area contributed by atoms with Gasteiger partial charge in [0.05, 0.1) is 16.2 Å². The van der Waals surface area contributed by atoms with Crippen molar-refractivity contribution in [3.05, 3.63) is 57.6 Å². The van der Waals surface area contributed by atoms with Crippen LogP contribution in [0.3, 0.4) is 0 Å². The molecule has 0 aliphatic heterocycles. The number of nitro benzene ring substituents is 1. The Morgan fingerprint density at radius 3 is 2.83 bits per heavy atom. The molecule has 1 N–H and O–H groups in total. The average molecular weight is 443 g/mol. The lowest BCUT2D eigenvalue weighted by Gasteiger charge is -2.06. The van der Waals surface area contributed by atoms with Crippen LogP contribution in [-0.2, 0) is 11.3 Å². The predicted octanol–water partition coefficient (Wildman–Crippen LogP) is 4.29. The standard InChI is InChI=1S/C19H15ClN6O3S/c1-2-25-14-6-4-3-5-12(14)17-18(25)22-19(24-23-17)30-10-16(27)21-13-8-7-11(20)9-15(13)26(28)29/h3-9H,2,10H2,1H3,(H,21,27). The monoisotopic (exact) mass is 442 g/mol. The molecular weight excluding hydrogens is 428 g/mol. The van der Waals surface area contributed by atoms with E-state index in [-0.39, 0.29) is 22.2 Å². The number of rotatable bonds is 6. The van der Waals surface area contributed by atoms with Crippen LogP contribution in [0.25, 0.3) is 22.1 Å². The lowest BCUT2D eigenvalue weighted by atomic mass is 10.2. The second kappa shape index (κ2) is 8.25. The van der Waals surface area contributed by atoms with Crippen LogP contribution >= 0.6 is 23.4 Å². The van der Waals surface area contributed by atoms with Gasteiger partial charge in [0.1, 0.15) is 11.2 Å². The molecule has 0 aliphatic carbocycles. The molecule has 0 bridgehead atoms. The quantitative estimate of drug-likeness (QED) is 0.269. The molecule has 0 spiro atoms. The van der Waals surface area contributed by atoms with Crippen LogP contribution < -0.4 is 5.32 Å². The van der Waals surface area contributed by atoms with E-state index in [2.05, 4.69) is 20.5 Å². The van der Waals surface area contributed by atoms with Gasteiger partial charge in [-0.15, -0.1) is 10.2 Å². The number of anilines is 1. The fraction of sp³-hybridized carbons (Fsp3) is 0.158. The van der Waals surface area contributed by atoms with E-state index in [0.717, 1.165) is 22.7 Å². The number of thioether (sulfide) groups is 1. The van der Waals surface area contributed by atoms with Gasteiger partial charge in [-0.1, -0.05) is 41.6 Å². The normalized spacial score (nSPS) is 11.1. The molecule has 0 saturated carbocycles. The molecule has 0 atom stereocenters. The van der Waals surface area contributed by atoms with Crippen molar-refractivity contribution < 1.29 is 9.72 Å². The molecule has 1 amide bonds. The van der Waals surface area contributed by atoms with Gasteiger partial charge in [0.15, 0.2) is 5.65 Å². The number of fused-ring (bicyclic) bond motifs is 3. The molecule has 0 unspecified atom stereocenters. The van der Waals surface area contributed by atoms with E-state index in [1.54, 1.807) is 0 Å². The summed E-state index contributed by atoms with van der Waals surface area (Å²) in [5.74, 6) is -0.454. The number of halogens is 1. The van der Waals surface area contributed by atoms with E-state index in [1.807, 2.05) is 35.8 Å². The lowest BCUT2D eigenvalue weighted by molar-refractivity contribution is -0.383. The summed E-state index contributed by atoms with van der Waals surface area (Å²) in [4.78, 5) is 27.4. The van der Waals surface area contributed by atoms with Crippen molar-refractivity contribution in [3.63, 3.8) is 0 Å². The highest BCUT2D eigenvalue weighted by Crippen LogP contribution is 2.29. The number of nitrogens with one attached hydrogen (secondary N) is 1. The van der Waals surface area contributed by atoms with E-state index in [1.165, 1.54) is 18.2 Å². The van der Waals surface area contributed by atoms with Crippen LogP contribution in [-0.4, -0.2) is 36.3 Å². The lowest BCUT2D eigenvalue weighted by Crippen LogP contribution is -2.15. The fourth-order valence-corrected chi connectivity index (χ4v) is 3.90. The van der Waals surface area contributed by atoms with Crippen molar-refractivity contribution in [2.24, 2.45) is 0 Å². The van der Waals surface area contributed by atoms with Crippen LogP contribution in [0.15, 0.2) is 47.6 Å². The number of hydrogen-bond donors (Lipinski definition) is 1. The number of benzene rings is 2. The third-order valence-electron chi connectivity index (χ3n) is 4.43. The third-order valence-corrected chi connectivity index (χ3v) is 5.51. The maximum atomic E-state index is 12.3. The van der Waals surface area contributed by atoms with Gasteiger partial charge in [-0.3, -0.25) is 14.9 Å². The zero-order valence-electron chi connectivity index (χ0n) is 15.7. The summed E-state index contributed by atoms with van der Waals surface area (Å²) in [5.41, 5.74) is 2.23. The molecule has 2 aromatic carbocycles. The molecule has 4 rings (SSSR count). The minimum Gasteiger partial charge on any atom is -0.324 e. The Morgan fingerprint density at radius 2 is 2.07 bits per heavy atom. The summed E-state index contributed by atoms with van der Waals surface area (Å²) >= 11 is 6.90. The maximum Gasteiger partial charge on any atom is 0.294 e. The van der Waals surface area contributed by atoms with E-state index in [9.17, 15) is 14.9 Å². The number of nitrogens with zero attached hydrogens (tertiary/aromatic N) is 5.